The summed E-state index contributed by atoms with van der Waals surface area (Å²) in [6, 6.07) is 8.93. The van der Waals surface area contributed by atoms with Gasteiger partial charge in [0, 0.05) is 5.56 Å². The summed E-state index contributed by atoms with van der Waals surface area (Å²) in [6.45, 7) is 11.3. The number of hydrogen-bond acceptors (Lipinski definition) is 8. The molecular weight excluding hydrogens is 490 g/mol. The lowest BCUT2D eigenvalue weighted by Gasteiger charge is -2.42. The number of hydrogen-bond donors (Lipinski definition) is 2. The molecule has 1 saturated carbocycles. The highest BCUT2D eigenvalue weighted by atomic mass is 28.4. The van der Waals surface area contributed by atoms with E-state index in [0.717, 1.165) is 0 Å². The predicted molar refractivity (Wildman–Crippen MR) is 139 cm³/mol. The zero-order valence-corrected chi connectivity index (χ0v) is 22.8. The van der Waals surface area contributed by atoms with Crippen molar-refractivity contribution < 1.29 is 23.8 Å². The minimum atomic E-state index is -2.21. The lowest BCUT2D eigenvalue weighted by molar-refractivity contribution is -0.216. The summed E-state index contributed by atoms with van der Waals surface area (Å²) in [6.07, 6.45) is 2.87. The number of anilines is 1. The number of rotatable bonds is 6. The SMILES string of the molecule is CC(C)(C)[Si](C)(C)O[C@@H]1C2OC[C@]1(C1(O)CC1)O[C@H]2n1cnc2c(NC(=O)c3ccccc3)ncnc21. The molecule has 2 aliphatic heterocycles. The Morgan fingerprint density at radius 3 is 2.59 bits per heavy atom. The molecule has 10 nitrogen and oxygen atoms in total. The molecule has 4 heterocycles. The molecule has 196 valence electrons. The van der Waals surface area contributed by atoms with Gasteiger partial charge in [0.25, 0.3) is 5.91 Å². The maximum atomic E-state index is 12.7. The second kappa shape index (κ2) is 8.15. The molecular formula is C26H33N5O5Si. The molecule has 3 aromatic rings. The van der Waals surface area contributed by atoms with Gasteiger partial charge in [-0.15, -0.1) is 0 Å². The first-order valence-corrected chi connectivity index (χ1v) is 15.6. The Morgan fingerprint density at radius 2 is 1.92 bits per heavy atom. The second-order valence-corrected chi connectivity index (χ2v) is 16.6. The normalized spacial score (nSPS) is 28.5. The van der Waals surface area contributed by atoms with Crippen LogP contribution < -0.4 is 5.32 Å². The molecule has 2 N–H and O–H groups in total. The number of nitrogens with one attached hydrogen (secondary N) is 1. The van der Waals surface area contributed by atoms with E-state index in [1.807, 2.05) is 6.07 Å². The third-order valence-corrected chi connectivity index (χ3v) is 13.0. The molecule has 1 aliphatic carbocycles. The molecule has 1 unspecified atom stereocenters. The Morgan fingerprint density at radius 1 is 1.19 bits per heavy atom. The van der Waals surface area contributed by atoms with Crippen LogP contribution in [0.25, 0.3) is 11.2 Å². The topological polar surface area (TPSA) is 121 Å². The molecule has 2 bridgehead atoms. The van der Waals surface area contributed by atoms with Gasteiger partial charge in [0.2, 0.25) is 0 Å². The van der Waals surface area contributed by atoms with Gasteiger partial charge in [-0.3, -0.25) is 9.36 Å². The van der Waals surface area contributed by atoms with Crippen LogP contribution in [0.1, 0.15) is 50.2 Å². The molecule has 6 rings (SSSR count). The Kier molecular flexibility index (Phi) is 5.42. The van der Waals surface area contributed by atoms with E-state index in [2.05, 4.69) is 54.1 Å². The van der Waals surface area contributed by atoms with Crippen molar-refractivity contribution >= 4 is 31.2 Å². The number of imidazole rings is 1. The minimum absolute atomic E-state index is 0.0152. The Bertz CT molecular complexity index is 1350. The van der Waals surface area contributed by atoms with E-state index >= 15 is 0 Å². The van der Waals surface area contributed by atoms with E-state index in [0.29, 0.717) is 35.4 Å². The van der Waals surface area contributed by atoms with Crippen LogP contribution in [0.5, 0.6) is 0 Å². The summed E-state index contributed by atoms with van der Waals surface area (Å²) in [5.41, 5.74) is -0.471. The number of amides is 1. The highest BCUT2D eigenvalue weighted by Crippen LogP contribution is 2.60. The average molecular weight is 524 g/mol. The summed E-state index contributed by atoms with van der Waals surface area (Å²) in [7, 11) is -2.21. The Hall–Kier alpha value is -2.70. The van der Waals surface area contributed by atoms with Gasteiger partial charge in [-0.25, -0.2) is 15.0 Å². The van der Waals surface area contributed by atoms with Crippen LogP contribution in [0.4, 0.5) is 5.82 Å². The summed E-state index contributed by atoms with van der Waals surface area (Å²) in [5, 5.41) is 14.2. The monoisotopic (exact) mass is 523 g/mol. The van der Waals surface area contributed by atoms with Gasteiger partial charge in [0.1, 0.15) is 18.5 Å². The van der Waals surface area contributed by atoms with E-state index in [1.165, 1.54) is 6.33 Å². The summed E-state index contributed by atoms with van der Waals surface area (Å²) >= 11 is 0. The van der Waals surface area contributed by atoms with Crippen LogP contribution >= 0.6 is 0 Å². The number of carbonyl (C=O) groups is 1. The standard InChI is InChI=1S/C26H33N5O5Si/c1-24(2,3)37(4,5)36-19-18-23(35-26(19,13-34-18)25(33)11-12-25)31-15-29-17-20(27-14-28-21(17)31)30-22(32)16-9-7-6-8-10-16/h6-10,14-15,18-19,23,33H,11-13H2,1-5H3,(H,27,28,30,32)/t18?,19-,23-,26+/m1/s1. The highest BCUT2D eigenvalue weighted by molar-refractivity contribution is 6.74. The Balaban J connectivity index is 1.34. The first-order chi connectivity index (χ1) is 17.5. The van der Waals surface area contributed by atoms with Crippen molar-refractivity contribution in [3.63, 3.8) is 0 Å². The molecule has 1 amide bonds. The van der Waals surface area contributed by atoms with E-state index in [4.69, 9.17) is 13.9 Å². The molecule has 3 aliphatic rings. The number of carbonyl (C=O) groups excluding carboxylic acids is 1. The predicted octanol–water partition coefficient (Wildman–Crippen LogP) is 3.66. The van der Waals surface area contributed by atoms with Crippen LogP contribution in [0.15, 0.2) is 43.0 Å². The van der Waals surface area contributed by atoms with Gasteiger partial charge < -0.3 is 24.3 Å². The van der Waals surface area contributed by atoms with Gasteiger partial charge >= 0.3 is 0 Å². The fraction of sp³-hybridized carbons (Fsp3) is 0.538. The van der Waals surface area contributed by atoms with Crippen LogP contribution in [0.2, 0.25) is 18.1 Å². The van der Waals surface area contributed by atoms with Gasteiger partial charge in [-0.2, -0.15) is 0 Å². The number of benzene rings is 1. The van der Waals surface area contributed by atoms with Crippen LogP contribution in [-0.4, -0.2) is 68.9 Å². The molecule has 11 heteroatoms. The summed E-state index contributed by atoms with van der Waals surface area (Å²) in [5.74, 6) is 0.0266. The molecule has 1 aromatic carbocycles. The molecule has 2 saturated heterocycles. The summed E-state index contributed by atoms with van der Waals surface area (Å²) in [4.78, 5) is 26.0. The molecule has 3 fully saturated rings. The number of aliphatic hydroxyl groups is 1. The summed E-state index contributed by atoms with van der Waals surface area (Å²) < 4.78 is 21.7. The second-order valence-electron chi connectivity index (χ2n) is 11.9. The van der Waals surface area contributed by atoms with E-state index in [1.54, 1.807) is 35.2 Å². The fourth-order valence-electron chi connectivity index (χ4n) is 5.09. The molecule has 37 heavy (non-hydrogen) atoms. The maximum Gasteiger partial charge on any atom is 0.256 e. The van der Waals surface area contributed by atoms with E-state index in [-0.39, 0.29) is 17.6 Å². The fourth-order valence-corrected chi connectivity index (χ4v) is 6.40. The first kappa shape index (κ1) is 24.6. The van der Waals surface area contributed by atoms with Crippen molar-refractivity contribution in [3.05, 3.63) is 48.5 Å². The van der Waals surface area contributed by atoms with Crippen molar-refractivity contribution in [1.29, 1.82) is 0 Å². The molecule has 0 spiro atoms. The minimum Gasteiger partial charge on any atom is -0.408 e. The van der Waals surface area contributed by atoms with Gasteiger partial charge in [0.15, 0.2) is 37.1 Å². The highest BCUT2D eigenvalue weighted by Gasteiger charge is 2.75. The maximum absolute atomic E-state index is 12.7. The van der Waals surface area contributed by atoms with E-state index < -0.39 is 38.0 Å². The Labute approximate surface area is 216 Å². The van der Waals surface area contributed by atoms with Crippen LogP contribution in [0.3, 0.4) is 0 Å². The lowest BCUT2D eigenvalue weighted by Crippen LogP contribution is -2.57. The van der Waals surface area contributed by atoms with Crippen molar-refractivity contribution in [3.8, 4) is 0 Å². The number of ether oxygens (including phenoxy) is 2. The van der Waals surface area contributed by atoms with E-state index in [9.17, 15) is 9.90 Å². The first-order valence-electron chi connectivity index (χ1n) is 12.7. The smallest absolute Gasteiger partial charge is 0.256 e. The zero-order chi connectivity index (χ0) is 26.2. The molecule has 4 atom stereocenters. The lowest BCUT2D eigenvalue weighted by atomic mass is 9.90. The van der Waals surface area contributed by atoms with Crippen LogP contribution in [-0.2, 0) is 13.9 Å². The molecule has 2 aromatic heterocycles. The number of fused-ring (bicyclic) bond motifs is 3. The van der Waals surface area contributed by atoms with Gasteiger partial charge in [-0.1, -0.05) is 39.0 Å². The zero-order valence-electron chi connectivity index (χ0n) is 21.8. The van der Waals surface area contributed by atoms with Crippen molar-refractivity contribution in [2.45, 2.75) is 81.4 Å². The number of aromatic nitrogens is 4. The molecule has 0 radical (unpaired) electrons. The average Bonchev–Trinajstić information content (AvgIpc) is 3.21. The quantitative estimate of drug-likeness (QED) is 0.470. The largest absolute Gasteiger partial charge is 0.408 e. The van der Waals surface area contributed by atoms with Gasteiger partial charge in [-0.05, 0) is 43.1 Å². The van der Waals surface area contributed by atoms with Crippen molar-refractivity contribution in [1.82, 2.24) is 19.5 Å². The van der Waals surface area contributed by atoms with Crippen molar-refractivity contribution in [2.75, 3.05) is 11.9 Å². The number of nitrogens with zero attached hydrogens (tertiary/aromatic N) is 4. The van der Waals surface area contributed by atoms with Gasteiger partial charge in [0.05, 0.1) is 18.5 Å². The van der Waals surface area contributed by atoms with Crippen LogP contribution in [0, 0.1) is 0 Å². The van der Waals surface area contributed by atoms with Crippen molar-refractivity contribution in [2.24, 2.45) is 0 Å². The third kappa shape index (κ3) is 3.75. The third-order valence-electron chi connectivity index (χ3n) is 8.50.